The van der Waals surface area contributed by atoms with Crippen LogP contribution in [0.3, 0.4) is 0 Å². The van der Waals surface area contributed by atoms with Gasteiger partial charge in [0.15, 0.2) is 0 Å². The van der Waals surface area contributed by atoms with Gasteiger partial charge in [-0.2, -0.15) is 0 Å². The molecular formula is C17H24O6. The fraction of sp³-hybridized carbons (Fsp3) is 0.824. The summed E-state index contributed by atoms with van der Waals surface area (Å²) in [6.07, 6.45) is 2.52. The van der Waals surface area contributed by atoms with Gasteiger partial charge >= 0.3 is 17.9 Å². The maximum Gasteiger partial charge on any atom is 0.311 e. The van der Waals surface area contributed by atoms with Crippen LogP contribution in [0.5, 0.6) is 0 Å². The van der Waals surface area contributed by atoms with Gasteiger partial charge in [0.25, 0.3) is 0 Å². The largest absolute Gasteiger partial charge is 0.465 e. The molecule has 1 saturated heterocycles. The molecule has 6 nitrogen and oxygen atoms in total. The Morgan fingerprint density at radius 3 is 2.65 bits per heavy atom. The number of carbonyl (C=O) groups excluding carboxylic acids is 3. The van der Waals surface area contributed by atoms with Crippen molar-refractivity contribution in [3.63, 3.8) is 0 Å². The van der Waals surface area contributed by atoms with Crippen LogP contribution in [-0.4, -0.2) is 36.2 Å². The molecule has 3 rings (SSSR count). The highest BCUT2D eigenvalue weighted by Crippen LogP contribution is 2.58. The minimum atomic E-state index is -0.546. The van der Waals surface area contributed by atoms with E-state index in [-0.39, 0.29) is 48.9 Å². The van der Waals surface area contributed by atoms with Crippen molar-refractivity contribution in [2.24, 2.45) is 17.3 Å². The van der Waals surface area contributed by atoms with Gasteiger partial charge in [0.05, 0.1) is 17.8 Å². The van der Waals surface area contributed by atoms with Crippen molar-refractivity contribution in [2.45, 2.75) is 64.6 Å². The van der Waals surface area contributed by atoms with Gasteiger partial charge in [0.2, 0.25) is 0 Å². The maximum absolute atomic E-state index is 12.1. The van der Waals surface area contributed by atoms with Crippen LogP contribution in [-0.2, 0) is 28.6 Å². The van der Waals surface area contributed by atoms with Crippen LogP contribution in [0, 0.1) is 17.3 Å². The average molecular weight is 324 g/mol. The van der Waals surface area contributed by atoms with E-state index in [1.165, 1.54) is 0 Å². The lowest BCUT2D eigenvalue weighted by Gasteiger charge is -2.27. The zero-order chi connectivity index (χ0) is 16.8. The third-order valence-corrected chi connectivity index (χ3v) is 5.64. The number of carbonyl (C=O) groups is 3. The highest BCUT2D eigenvalue weighted by atomic mass is 16.6. The number of rotatable bonds is 6. The van der Waals surface area contributed by atoms with Crippen molar-refractivity contribution < 1.29 is 28.6 Å². The van der Waals surface area contributed by atoms with Crippen LogP contribution in [0.25, 0.3) is 0 Å². The highest BCUT2D eigenvalue weighted by molar-refractivity contribution is 5.78. The van der Waals surface area contributed by atoms with Crippen molar-refractivity contribution in [1.82, 2.24) is 0 Å². The van der Waals surface area contributed by atoms with Crippen LogP contribution in [0.2, 0.25) is 0 Å². The second kappa shape index (κ2) is 5.49. The first-order valence-corrected chi connectivity index (χ1v) is 8.36. The topological polar surface area (TPSA) is 78.9 Å². The zero-order valence-corrected chi connectivity index (χ0v) is 13.9. The van der Waals surface area contributed by atoms with Crippen LogP contribution >= 0.6 is 0 Å². The van der Waals surface area contributed by atoms with E-state index in [4.69, 9.17) is 14.2 Å². The number of ether oxygens (including phenoxy) is 3. The summed E-state index contributed by atoms with van der Waals surface area (Å²) in [4.78, 5) is 35.6. The third-order valence-electron chi connectivity index (χ3n) is 5.64. The number of esters is 3. The van der Waals surface area contributed by atoms with E-state index in [9.17, 15) is 14.4 Å². The number of hydrogen-bond donors (Lipinski definition) is 0. The SMILES string of the molecule is CCC(C)(C)C(=O)OCCC(=O)OC12CC3OC(=O)C(C1)C3C2. The summed E-state index contributed by atoms with van der Waals surface area (Å²) in [6.45, 7) is 5.58. The second-order valence-electron chi connectivity index (χ2n) is 7.64. The molecule has 3 aliphatic rings. The highest BCUT2D eigenvalue weighted by Gasteiger charge is 2.65. The Kier molecular flexibility index (Phi) is 3.89. The Hall–Kier alpha value is -1.59. The second-order valence-corrected chi connectivity index (χ2v) is 7.64. The quantitative estimate of drug-likeness (QED) is 0.549. The van der Waals surface area contributed by atoms with E-state index in [0.29, 0.717) is 25.7 Å². The molecule has 0 amide bonds. The molecule has 0 aromatic rings. The van der Waals surface area contributed by atoms with Gasteiger partial charge < -0.3 is 14.2 Å². The molecule has 4 atom stereocenters. The Bertz CT molecular complexity index is 535. The summed E-state index contributed by atoms with van der Waals surface area (Å²) in [7, 11) is 0. The van der Waals surface area contributed by atoms with Crippen LogP contribution in [0.4, 0.5) is 0 Å². The van der Waals surface area contributed by atoms with Gasteiger partial charge in [-0.25, -0.2) is 0 Å². The zero-order valence-electron chi connectivity index (χ0n) is 13.9. The Labute approximate surface area is 135 Å². The van der Waals surface area contributed by atoms with E-state index in [1.54, 1.807) is 0 Å². The summed E-state index contributed by atoms with van der Waals surface area (Å²) >= 11 is 0. The van der Waals surface area contributed by atoms with Gasteiger partial charge in [-0.05, 0) is 26.7 Å². The van der Waals surface area contributed by atoms with E-state index in [0.717, 1.165) is 0 Å². The van der Waals surface area contributed by atoms with Gasteiger partial charge in [-0.3, -0.25) is 14.4 Å². The molecule has 0 aromatic carbocycles. The molecule has 4 unspecified atom stereocenters. The normalized spacial score (nSPS) is 34.4. The van der Waals surface area contributed by atoms with Crippen molar-refractivity contribution in [1.29, 1.82) is 0 Å². The fourth-order valence-electron chi connectivity index (χ4n) is 3.89. The van der Waals surface area contributed by atoms with E-state index >= 15 is 0 Å². The fourth-order valence-corrected chi connectivity index (χ4v) is 3.89. The predicted octanol–water partition coefficient (Wildman–Crippen LogP) is 1.99. The van der Waals surface area contributed by atoms with E-state index in [2.05, 4.69) is 0 Å². The summed E-state index contributed by atoms with van der Waals surface area (Å²) in [5.74, 6) is -0.722. The van der Waals surface area contributed by atoms with Crippen LogP contribution < -0.4 is 0 Å². The van der Waals surface area contributed by atoms with Crippen LogP contribution in [0.1, 0.15) is 52.9 Å². The molecule has 1 heterocycles. The van der Waals surface area contributed by atoms with Gasteiger partial charge in [-0.15, -0.1) is 0 Å². The van der Waals surface area contributed by atoms with E-state index < -0.39 is 11.0 Å². The number of fused-ring (bicyclic) bond motifs is 1. The Balaban J connectivity index is 1.46. The molecule has 2 bridgehead atoms. The lowest BCUT2D eigenvalue weighted by atomic mass is 9.88. The molecule has 1 aliphatic heterocycles. The molecular weight excluding hydrogens is 300 g/mol. The van der Waals surface area contributed by atoms with Crippen molar-refractivity contribution in [3.8, 4) is 0 Å². The molecule has 2 aliphatic carbocycles. The average Bonchev–Trinajstić information content (AvgIpc) is 3.05. The lowest BCUT2D eigenvalue weighted by molar-refractivity contribution is -0.163. The molecule has 0 radical (unpaired) electrons. The molecule has 23 heavy (non-hydrogen) atoms. The summed E-state index contributed by atoms with van der Waals surface area (Å²) < 4.78 is 16.1. The lowest BCUT2D eigenvalue weighted by Crippen LogP contribution is -2.34. The molecule has 3 fully saturated rings. The van der Waals surface area contributed by atoms with Crippen LogP contribution in [0.15, 0.2) is 0 Å². The maximum atomic E-state index is 12.1. The Morgan fingerprint density at radius 2 is 2.04 bits per heavy atom. The summed E-state index contributed by atoms with van der Waals surface area (Å²) in [5.41, 5.74) is -1.08. The monoisotopic (exact) mass is 324 g/mol. The smallest absolute Gasteiger partial charge is 0.311 e. The molecule has 128 valence electrons. The standard InChI is InChI=1S/C17H24O6/c1-4-16(2,3)15(20)21-6-5-13(18)23-17-7-10-11(8-17)14(19)22-12(10)9-17/h10-12H,4-9H2,1-3H3. The Morgan fingerprint density at radius 1 is 1.30 bits per heavy atom. The van der Waals surface area contributed by atoms with Gasteiger partial charge in [-0.1, -0.05) is 6.92 Å². The molecule has 0 aromatic heterocycles. The molecule has 2 saturated carbocycles. The number of hydrogen-bond acceptors (Lipinski definition) is 6. The first-order valence-electron chi connectivity index (χ1n) is 8.36. The van der Waals surface area contributed by atoms with Gasteiger partial charge in [0.1, 0.15) is 18.3 Å². The minimum absolute atomic E-state index is 0.0306. The predicted molar refractivity (Wildman–Crippen MR) is 79.2 cm³/mol. The molecule has 0 spiro atoms. The minimum Gasteiger partial charge on any atom is -0.465 e. The summed E-state index contributed by atoms with van der Waals surface area (Å²) in [5, 5.41) is 0. The van der Waals surface area contributed by atoms with Crippen molar-refractivity contribution in [2.75, 3.05) is 6.61 Å². The van der Waals surface area contributed by atoms with Gasteiger partial charge in [0, 0.05) is 18.8 Å². The third kappa shape index (κ3) is 2.83. The van der Waals surface area contributed by atoms with Crippen molar-refractivity contribution in [3.05, 3.63) is 0 Å². The summed E-state index contributed by atoms with van der Waals surface area (Å²) in [6, 6.07) is 0. The van der Waals surface area contributed by atoms with Crippen molar-refractivity contribution >= 4 is 17.9 Å². The molecule has 6 heteroatoms. The van der Waals surface area contributed by atoms with E-state index in [1.807, 2.05) is 20.8 Å². The first-order chi connectivity index (χ1) is 10.8. The molecule has 0 N–H and O–H groups in total. The first kappa shape index (κ1) is 16.3.